The summed E-state index contributed by atoms with van der Waals surface area (Å²) in [4.78, 5) is 0. The zero-order valence-corrected chi connectivity index (χ0v) is 12.5. The van der Waals surface area contributed by atoms with Crippen molar-refractivity contribution in [1.29, 1.82) is 0 Å². The molecule has 0 amide bonds. The topological polar surface area (TPSA) is 33.4 Å². The maximum absolute atomic E-state index is 10.1. The monoisotopic (exact) mass is 358 g/mol. The van der Waals surface area contributed by atoms with E-state index in [4.69, 9.17) is 4.42 Å². The number of aliphatic hydroxyl groups is 1. The van der Waals surface area contributed by atoms with Crippen LogP contribution >= 0.6 is 31.9 Å². The van der Waals surface area contributed by atoms with Gasteiger partial charge in [0, 0.05) is 6.42 Å². The number of benzene rings is 1. The summed E-state index contributed by atoms with van der Waals surface area (Å²) in [7, 11) is 0. The molecule has 0 saturated heterocycles. The van der Waals surface area contributed by atoms with Gasteiger partial charge in [-0.3, -0.25) is 0 Å². The lowest BCUT2D eigenvalue weighted by Gasteiger charge is -2.08. The average Bonchev–Trinajstić information content (AvgIpc) is 2.59. The minimum atomic E-state index is -0.626. The Balaban J connectivity index is 2.14. The molecule has 0 aliphatic heterocycles. The van der Waals surface area contributed by atoms with E-state index in [1.165, 1.54) is 5.56 Å². The molecule has 1 unspecified atom stereocenters. The van der Waals surface area contributed by atoms with E-state index in [1.54, 1.807) is 6.07 Å². The van der Waals surface area contributed by atoms with Crippen LogP contribution in [0.2, 0.25) is 0 Å². The number of aryl methyl sites for hydroxylation is 1. The van der Waals surface area contributed by atoms with Crippen LogP contribution in [0.5, 0.6) is 0 Å². The van der Waals surface area contributed by atoms with Gasteiger partial charge in [0.1, 0.15) is 11.9 Å². The summed E-state index contributed by atoms with van der Waals surface area (Å²) in [5.74, 6) is 0.560. The third-order valence-corrected chi connectivity index (χ3v) is 4.21. The predicted octanol–water partition coefficient (Wildman–Crippen LogP) is 4.39. The molecule has 0 bridgehead atoms. The molecule has 1 aromatic heterocycles. The van der Waals surface area contributed by atoms with Crippen LogP contribution in [0.25, 0.3) is 0 Å². The van der Waals surface area contributed by atoms with Crippen molar-refractivity contribution in [3.8, 4) is 0 Å². The first-order chi connectivity index (χ1) is 8.06. The number of rotatable bonds is 3. The second kappa shape index (κ2) is 5.38. The first-order valence-corrected chi connectivity index (χ1v) is 6.83. The summed E-state index contributed by atoms with van der Waals surface area (Å²) >= 11 is 6.59. The highest BCUT2D eigenvalue weighted by molar-refractivity contribution is 9.13. The van der Waals surface area contributed by atoms with Gasteiger partial charge in [0.25, 0.3) is 0 Å². The van der Waals surface area contributed by atoms with Crippen LogP contribution in [-0.2, 0) is 6.42 Å². The first-order valence-electron chi connectivity index (χ1n) is 5.24. The van der Waals surface area contributed by atoms with E-state index < -0.39 is 6.10 Å². The van der Waals surface area contributed by atoms with Crippen molar-refractivity contribution in [1.82, 2.24) is 0 Å². The van der Waals surface area contributed by atoms with Crippen LogP contribution in [0.15, 0.2) is 43.9 Å². The predicted molar refractivity (Wildman–Crippen MR) is 74.0 cm³/mol. The largest absolute Gasteiger partial charge is 0.450 e. The fourth-order valence-corrected chi connectivity index (χ4v) is 2.30. The Morgan fingerprint density at radius 3 is 2.65 bits per heavy atom. The minimum Gasteiger partial charge on any atom is -0.450 e. The van der Waals surface area contributed by atoms with Crippen LogP contribution in [0, 0.1) is 6.92 Å². The van der Waals surface area contributed by atoms with Gasteiger partial charge in [-0.25, -0.2) is 0 Å². The molecule has 0 saturated carbocycles. The molecule has 1 atom stereocenters. The van der Waals surface area contributed by atoms with Crippen molar-refractivity contribution in [3.05, 3.63) is 56.4 Å². The van der Waals surface area contributed by atoms with Crippen molar-refractivity contribution in [2.75, 3.05) is 0 Å². The molecule has 1 N–H and O–H groups in total. The first kappa shape index (κ1) is 12.9. The van der Waals surface area contributed by atoms with E-state index in [1.807, 2.05) is 25.1 Å². The van der Waals surface area contributed by atoms with Crippen LogP contribution in [-0.4, -0.2) is 5.11 Å². The Labute approximate surface area is 117 Å². The fraction of sp³-hybridized carbons (Fsp3) is 0.231. The standard InChI is InChI=1S/C13H12Br2O2/c1-8-3-2-4-9(5-8)6-11(16)12-7-10(14)13(15)17-12/h2-5,7,11,16H,6H2,1H3. The molecule has 17 heavy (non-hydrogen) atoms. The van der Waals surface area contributed by atoms with E-state index in [0.29, 0.717) is 16.9 Å². The molecule has 0 radical (unpaired) electrons. The molecular weight excluding hydrogens is 348 g/mol. The smallest absolute Gasteiger partial charge is 0.183 e. The number of aliphatic hydroxyl groups excluding tert-OH is 1. The summed E-state index contributed by atoms with van der Waals surface area (Å²) < 4.78 is 6.82. The lowest BCUT2D eigenvalue weighted by atomic mass is 10.0. The third kappa shape index (κ3) is 3.21. The molecule has 1 heterocycles. The highest BCUT2D eigenvalue weighted by atomic mass is 79.9. The van der Waals surface area contributed by atoms with Crippen LogP contribution < -0.4 is 0 Å². The zero-order valence-electron chi connectivity index (χ0n) is 9.28. The number of hydrogen-bond donors (Lipinski definition) is 1. The molecule has 90 valence electrons. The number of furan rings is 1. The second-order valence-corrected chi connectivity index (χ2v) is 5.55. The molecule has 2 rings (SSSR count). The lowest BCUT2D eigenvalue weighted by Crippen LogP contribution is -2.00. The zero-order chi connectivity index (χ0) is 12.4. The van der Waals surface area contributed by atoms with E-state index in [9.17, 15) is 5.11 Å². The van der Waals surface area contributed by atoms with Gasteiger partial charge in [0.15, 0.2) is 4.67 Å². The Morgan fingerprint density at radius 1 is 1.29 bits per heavy atom. The summed E-state index contributed by atoms with van der Waals surface area (Å²) in [6.07, 6.45) is -0.0759. The van der Waals surface area contributed by atoms with Gasteiger partial charge in [-0.05, 0) is 50.4 Å². The molecule has 0 spiro atoms. The van der Waals surface area contributed by atoms with Gasteiger partial charge in [-0.2, -0.15) is 0 Å². The molecule has 0 aliphatic carbocycles. The van der Waals surface area contributed by atoms with Gasteiger partial charge in [-0.1, -0.05) is 29.8 Å². The van der Waals surface area contributed by atoms with Crippen molar-refractivity contribution in [2.24, 2.45) is 0 Å². The van der Waals surface area contributed by atoms with E-state index >= 15 is 0 Å². The van der Waals surface area contributed by atoms with Gasteiger partial charge in [-0.15, -0.1) is 0 Å². The van der Waals surface area contributed by atoms with Crippen LogP contribution in [0.1, 0.15) is 23.0 Å². The van der Waals surface area contributed by atoms with Crippen LogP contribution in [0.3, 0.4) is 0 Å². The maximum atomic E-state index is 10.1. The van der Waals surface area contributed by atoms with E-state index in [2.05, 4.69) is 37.9 Å². The van der Waals surface area contributed by atoms with Gasteiger partial charge < -0.3 is 9.52 Å². The number of halogens is 2. The maximum Gasteiger partial charge on any atom is 0.183 e. The summed E-state index contributed by atoms with van der Waals surface area (Å²) in [6.45, 7) is 2.04. The van der Waals surface area contributed by atoms with Gasteiger partial charge >= 0.3 is 0 Å². The molecule has 2 nitrogen and oxygen atoms in total. The van der Waals surface area contributed by atoms with Crippen LogP contribution in [0.4, 0.5) is 0 Å². The molecule has 4 heteroatoms. The minimum absolute atomic E-state index is 0.550. The molecule has 1 aromatic carbocycles. The Kier molecular flexibility index (Phi) is 4.07. The Morgan fingerprint density at radius 2 is 2.06 bits per heavy atom. The van der Waals surface area contributed by atoms with Crippen molar-refractivity contribution in [2.45, 2.75) is 19.4 Å². The SMILES string of the molecule is Cc1cccc(CC(O)c2cc(Br)c(Br)o2)c1. The third-order valence-electron chi connectivity index (χ3n) is 2.50. The average molecular weight is 360 g/mol. The Bertz CT molecular complexity index is 500. The molecule has 0 aliphatic rings. The molecule has 0 fully saturated rings. The van der Waals surface area contributed by atoms with Gasteiger partial charge in [0.2, 0.25) is 0 Å². The van der Waals surface area contributed by atoms with Gasteiger partial charge in [0.05, 0.1) is 4.47 Å². The normalized spacial score (nSPS) is 12.7. The highest BCUT2D eigenvalue weighted by Crippen LogP contribution is 2.31. The van der Waals surface area contributed by atoms with E-state index in [-0.39, 0.29) is 0 Å². The van der Waals surface area contributed by atoms with E-state index in [0.717, 1.165) is 10.0 Å². The highest BCUT2D eigenvalue weighted by Gasteiger charge is 2.15. The molecule has 2 aromatic rings. The summed E-state index contributed by atoms with van der Waals surface area (Å²) in [5, 5.41) is 10.1. The quantitative estimate of drug-likeness (QED) is 0.881. The lowest BCUT2D eigenvalue weighted by molar-refractivity contribution is 0.149. The summed E-state index contributed by atoms with van der Waals surface area (Å²) in [6, 6.07) is 9.88. The number of hydrogen-bond acceptors (Lipinski definition) is 2. The van der Waals surface area contributed by atoms with Crippen molar-refractivity contribution in [3.63, 3.8) is 0 Å². The van der Waals surface area contributed by atoms with Crippen molar-refractivity contribution >= 4 is 31.9 Å². The van der Waals surface area contributed by atoms with Crippen molar-refractivity contribution < 1.29 is 9.52 Å². The fourth-order valence-electron chi connectivity index (χ4n) is 1.69. The summed E-state index contributed by atoms with van der Waals surface area (Å²) in [5.41, 5.74) is 2.29. The second-order valence-electron chi connectivity index (χ2n) is 3.98. The Hall–Kier alpha value is -0.580. The molecular formula is C13H12Br2O2.